The van der Waals surface area contributed by atoms with Crippen LogP contribution in [0.15, 0.2) is 48.2 Å². The lowest BCUT2D eigenvalue weighted by Gasteiger charge is -2.25. The average molecular weight is 287 g/mol. The van der Waals surface area contributed by atoms with Crippen molar-refractivity contribution in [3.05, 3.63) is 48.2 Å². The zero-order chi connectivity index (χ0) is 16.0. The van der Waals surface area contributed by atoms with Gasteiger partial charge in [-0.25, -0.2) is 0 Å². The van der Waals surface area contributed by atoms with Crippen molar-refractivity contribution in [3.63, 3.8) is 0 Å². The van der Waals surface area contributed by atoms with Gasteiger partial charge in [0.25, 0.3) is 0 Å². The lowest BCUT2D eigenvalue weighted by molar-refractivity contribution is 0.334. The topological polar surface area (TPSA) is 3.24 Å². The highest BCUT2D eigenvalue weighted by Gasteiger charge is 2.49. The van der Waals surface area contributed by atoms with E-state index in [0.29, 0.717) is 5.41 Å². The smallest absolute Gasteiger partial charge is 0.0356 e. The number of hydrogen-bond acceptors (Lipinski definition) is 1. The Kier molecular flexibility index (Phi) is 6.51. The van der Waals surface area contributed by atoms with Crippen LogP contribution < -0.4 is 0 Å². The first kappa shape index (κ1) is 17.8. The summed E-state index contributed by atoms with van der Waals surface area (Å²) in [4.78, 5) is 2.37. The Balaban J connectivity index is 2.54. The molecule has 118 valence electrons. The first-order valence-corrected chi connectivity index (χ1v) is 8.11. The van der Waals surface area contributed by atoms with Gasteiger partial charge in [-0.15, -0.1) is 6.58 Å². The van der Waals surface area contributed by atoms with Crippen molar-refractivity contribution in [3.8, 4) is 0 Å². The van der Waals surface area contributed by atoms with Crippen molar-refractivity contribution in [2.24, 2.45) is 11.3 Å². The van der Waals surface area contributed by atoms with Gasteiger partial charge in [0.15, 0.2) is 0 Å². The number of hydrogen-bond donors (Lipinski definition) is 0. The molecule has 1 aliphatic rings. The van der Waals surface area contributed by atoms with Crippen molar-refractivity contribution in [2.75, 3.05) is 13.1 Å². The number of allylic oxidation sites excluding steroid dienone is 4. The van der Waals surface area contributed by atoms with E-state index in [2.05, 4.69) is 64.8 Å². The highest BCUT2D eigenvalue weighted by molar-refractivity contribution is 5.19. The van der Waals surface area contributed by atoms with Gasteiger partial charge in [0.1, 0.15) is 0 Å². The Morgan fingerprint density at radius 1 is 1.24 bits per heavy atom. The molecule has 2 atom stereocenters. The van der Waals surface area contributed by atoms with E-state index in [4.69, 9.17) is 0 Å². The van der Waals surface area contributed by atoms with Gasteiger partial charge in [-0.3, -0.25) is 0 Å². The van der Waals surface area contributed by atoms with Gasteiger partial charge in [0, 0.05) is 18.8 Å². The molecule has 1 fully saturated rings. The van der Waals surface area contributed by atoms with Crippen LogP contribution in [0, 0.1) is 11.3 Å². The summed E-state index contributed by atoms with van der Waals surface area (Å²) in [5, 5.41) is 0. The second kappa shape index (κ2) is 7.68. The summed E-state index contributed by atoms with van der Waals surface area (Å²) in [5.74, 6) is 0.797. The summed E-state index contributed by atoms with van der Waals surface area (Å²) in [6.45, 7) is 21.2. The maximum absolute atomic E-state index is 4.22. The van der Waals surface area contributed by atoms with Crippen LogP contribution in [0.1, 0.15) is 53.9 Å². The molecule has 21 heavy (non-hydrogen) atoms. The van der Waals surface area contributed by atoms with Crippen LogP contribution in [0.5, 0.6) is 0 Å². The minimum Gasteiger partial charge on any atom is -0.368 e. The third-order valence-corrected chi connectivity index (χ3v) is 4.46. The Morgan fingerprint density at radius 3 is 2.43 bits per heavy atom. The molecule has 0 aliphatic heterocycles. The molecule has 0 bridgehead atoms. The number of nitrogens with zero attached hydrogens (tertiary/aromatic N) is 1. The molecule has 0 aromatic carbocycles. The van der Waals surface area contributed by atoms with Crippen LogP contribution in [-0.2, 0) is 0 Å². The molecule has 1 saturated carbocycles. The molecule has 0 aromatic rings. The van der Waals surface area contributed by atoms with Gasteiger partial charge in [-0.05, 0) is 64.4 Å². The van der Waals surface area contributed by atoms with Crippen LogP contribution in [0.25, 0.3) is 0 Å². The predicted octanol–water partition coefficient (Wildman–Crippen LogP) is 5.73. The minimum atomic E-state index is 0.524. The molecule has 0 saturated heterocycles. The van der Waals surface area contributed by atoms with Crippen molar-refractivity contribution in [1.82, 2.24) is 4.90 Å². The molecule has 0 radical (unpaired) electrons. The van der Waals surface area contributed by atoms with E-state index in [-0.39, 0.29) is 0 Å². The quantitative estimate of drug-likeness (QED) is 0.387. The Morgan fingerprint density at radius 2 is 1.90 bits per heavy atom. The van der Waals surface area contributed by atoms with E-state index in [1.54, 1.807) is 0 Å². The SMILES string of the molecule is C=CCN(CC1CC1(C)CCC=C(C)C)C(=C)C=C(C)C. The van der Waals surface area contributed by atoms with Crippen molar-refractivity contribution >= 4 is 0 Å². The second-order valence-corrected chi connectivity index (χ2v) is 7.28. The first-order chi connectivity index (χ1) is 9.78. The molecule has 1 nitrogen and oxygen atoms in total. The Labute approximate surface area is 132 Å². The fourth-order valence-corrected chi connectivity index (χ4v) is 2.94. The van der Waals surface area contributed by atoms with E-state index in [0.717, 1.165) is 24.7 Å². The van der Waals surface area contributed by atoms with Gasteiger partial charge in [0.2, 0.25) is 0 Å². The van der Waals surface area contributed by atoms with E-state index in [1.165, 1.54) is 30.4 Å². The molecule has 1 heteroatoms. The van der Waals surface area contributed by atoms with E-state index in [1.807, 2.05) is 6.08 Å². The van der Waals surface area contributed by atoms with Crippen LogP contribution in [0.4, 0.5) is 0 Å². The fraction of sp³-hybridized carbons (Fsp3) is 0.600. The standard InChI is InChI=1S/C20H33N/c1-8-12-21(18(6)13-17(4)5)15-19-14-20(19,7)11-9-10-16(2)3/h8,10,13,19H,1,6,9,11-12,14-15H2,2-5,7H3. The molecule has 2 unspecified atom stereocenters. The fourth-order valence-electron chi connectivity index (χ4n) is 2.94. The van der Waals surface area contributed by atoms with Crippen LogP contribution in [-0.4, -0.2) is 18.0 Å². The second-order valence-electron chi connectivity index (χ2n) is 7.28. The molecule has 1 rings (SSSR count). The van der Waals surface area contributed by atoms with Crippen molar-refractivity contribution < 1.29 is 0 Å². The molecule has 0 heterocycles. The van der Waals surface area contributed by atoms with Crippen molar-refractivity contribution in [1.29, 1.82) is 0 Å². The Bertz CT molecular complexity index is 433. The molecular weight excluding hydrogens is 254 g/mol. The summed E-state index contributed by atoms with van der Waals surface area (Å²) in [6, 6.07) is 0. The van der Waals surface area contributed by atoms with E-state index in [9.17, 15) is 0 Å². The van der Waals surface area contributed by atoms with Gasteiger partial charge in [0.05, 0.1) is 0 Å². The lowest BCUT2D eigenvalue weighted by atomic mass is 9.98. The predicted molar refractivity (Wildman–Crippen MR) is 95.2 cm³/mol. The van der Waals surface area contributed by atoms with Gasteiger partial charge in [-0.1, -0.05) is 36.8 Å². The van der Waals surface area contributed by atoms with Crippen LogP contribution in [0.3, 0.4) is 0 Å². The molecule has 0 spiro atoms. The Hall–Kier alpha value is -1.24. The van der Waals surface area contributed by atoms with E-state index < -0.39 is 0 Å². The van der Waals surface area contributed by atoms with Gasteiger partial charge >= 0.3 is 0 Å². The molecular formula is C20H33N. The molecule has 0 N–H and O–H groups in total. The van der Waals surface area contributed by atoms with E-state index >= 15 is 0 Å². The lowest BCUT2D eigenvalue weighted by Crippen LogP contribution is -2.25. The zero-order valence-corrected chi connectivity index (χ0v) is 14.7. The van der Waals surface area contributed by atoms with Gasteiger partial charge < -0.3 is 4.90 Å². The van der Waals surface area contributed by atoms with Crippen LogP contribution >= 0.6 is 0 Å². The highest BCUT2D eigenvalue weighted by atomic mass is 15.1. The summed E-state index contributed by atoms with van der Waals surface area (Å²) in [5.41, 5.74) is 4.38. The van der Waals surface area contributed by atoms with Crippen molar-refractivity contribution in [2.45, 2.75) is 53.9 Å². The highest BCUT2D eigenvalue weighted by Crippen LogP contribution is 2.56. The summed E-state index contributed by atoms with van der Waals surface area (Å²) in [6.07, 6.45) is 10.4. The maximum Gasteiger partial charge on any atom is 0.0356 e. The zero-order valence-electron chi connectivity index (χ0n) is 14.7. The first-order valence-electron chi connectivity index (χ1n) is 8.11. The molecule has 0 amide bonds. The summed E-state index contributed by atoms with van der Waals surface area (Å²) in [7, 11) is 0. The largest absolute Gasteiger partial charge is 0.368 e. The average Bonchev–Trinajstić information content (AvgIpc) is 2.97. The number of rotatable bonds is 9. The monoisotopic (exact) mass is 287 g/mol. The van der Waals surface area contributed by atoms with Crippen LogP contribution in [0.2, 0.25) is 0 Å². The maximum atomic E-state index is 4.22. The molecule has 0 aromatic heterocycles. The molecule has 1 aliphatic carbocycles. The van der Waals surface area contributed by atoms with Gasteiger partial charge in [-0.2, -0.15) is 0 Å². The normalized spacial score (nSPS) is 23.2. The third kappa shape index (κ3) is 5.95. The third-order valence-electron chi connectivity index (χ3n) is 4.46. The summed E-state index contributed by atoms with van der Waals surface area (Å²) >= 11 is 0. The minimum absolute atomic E-state index is 0.524. The summed E-state index contributed by atoms with van der Waals surface area (Å²) < 4.78 is 0.